The van der Waals surface area contributed by atoms with Crippen LogP contribution in [0, 0.1) is 0 Å². The van der Waals surface area contributed by atoms with Gasteiger partial charge in [0.2, 0.25) is 10.0 Å². The number of piperidine rings is 1. The van der Waals surface area contributed by atoms with Crippen LogP contribution in [-0.4, -0.2) is 42.5 Å². The monoisotopic (exact) mass is 375 g/mol. The van der Waals surface area contributed by atoms with Crippen molar-refractivity contribution in [1.82, 2.24) is 9.29 Å². The molecule has 0 radical (unpaired) electrons. The molecule has 3 rings (SSSR count). The Morgan fingerprint density at radius 3 is 2.54 bits per heavy atom. The van der Waals surface area contributed by atoms with Gasteiger partial charge in [0, 0.05) is 30.5 Å². The summed E-state index contributed by atoms with van der Waals surface area (Å²) in [5, 5.41) is 2.67. The molecule has 8 heteroatoms. The number of H-pyrrole nitrogens is 1. The molecule has 26 heavy (non-hydrogen) atoms. The third kappa shape index (κ3) is 3.86. The summed E-state index contributed by atoms with van der Waals surface area (Å²) >= 11 is 0. The molecule has 1 aromatic heterocycles. The van der Waals surface area contributed by atoms with Crippen LogP contribution in [0.2, 0.25) is 0 Å². The maximum atomic E-state index is 12.6. The molecule has 1 aromatic carbocycles. The van der Waals surface area contributed by atoms with Crippen LogP contribution in [0.25, 0.3) is 0 Å². The quantitative estimate of drug-likeness (QED) is 0.785. The zero-order valence-corrected chi connectivity index (χ0v) is 15.3. The molecular formula is C18H21N3O4S. The summed E-state index contributed by atoms with van der Waals surface area (Å²) in [4.78, 5) is 26.6. The molecule has 1 saturated heterocycles. The number of hydrogen-bond acceptors (Lipinski definition) is 4. The minimum absolute atomic E-state index is 0.0852. The van der Waals surface area contributed by atoms with E-state index in [0.29, 0.717) is 24.3 Å². The Hall–Kier alpha value is -2.45. The number of Topliss-reactive ketones (excluding diaryl/α,β-unsaturated/α-hetero) is 1. The summed E-state index contributed by atoms with van der Waals surface area (Å²) in [7, 11) is -3.59. The zero-order chi connectivity index (χ0) is 18.7. The van der Waals surface area contributed by atoms with Gasteiger partial charge in [0.05, 0.1) is 0 Å². The van der Waals surface area contributed by atoms with Gasteiger partial charge in [0.1, 0.15) is 10.6 Å². The van der Waals surface area contributed by atoms with E-state index >= 15 is 0 Å². The van der Waals surface area contributed by atoms with Crippen LogP contribution >= 0.6 is 0 Å². The van der Waals surface area contributed by atoms with Crippen LogP contribution in [-0.2, 0) is 10.0 Å². The highest BCUT2D eigenvalue weighted by atomic mass is 32.2. The summed E-state index contributed by atoms with van der Waals surface area (Å²) < 4.78 is 26.7. The van der Waals surface area contributed by atoms with Crippen molar-refractivity contribution in [3.05, 3.63) is 47.8 Å². The number of nitrogens with zero attached hydrogens (tertiary/aromatic N) is 1. The van der Waals surface area contributed by atoms with Gasteiger partial charge in [-0.05, 0) is 38.0 Å². The Morgan fingerprint density at radius 2 is 1.85 bits per heavy atom. The van der Waals surface area contributed by atoms with Crippen molar-refractivity contribution in [3.63, 3.8) is 0 Å². The van der Waals surface area contributed by atoms with E-state index in [1.165, 1.54) is 23.5 Å². The highest BCUT2D eigenvalue weighted by molar-refractivity contribution is 7.89. The maximum absolute atomic E-state index is 12.6. The van der Waals surface area contributed by atoms with Crippen molar-refractivity contribution < 1.29 is 18.0 Å². The predicted molar refractivity (Wildman–Crippen MR) is 97.8 cm³/mol. The van der Waals surface area contributed by atoms with Crippen molar-refractivity contribution >= 4 is 27.4 Å². The average molecular weight is 375 g/mol. The Bertz CT molecular complexity index is 927. The minimum atomic E-state index is -3.59. The molecule has 2 N–H and O–H groups in total. The first kappa shape index (κ1) is 18.3. The molecule has 0 saturated carbocycles. The van der Waals surface area contributed by atoms with Crippen molar-refractivity contribution in [2.75, 3.05) is 18.4 Å². The number of rotatable bonds is 5. The van der Waals surface area contributed by atoms with Gasteiger partial charge in [-0.2, -0.15) is 4.31 Å². The number of ketones is 1. The molecule has 1 aliphatic rings. The van der Waals surface area contributed by atoms with Gasteiger partial charge in [-0.1, -0.05) is 18.6 Å². The average Bonchev–Trinajstić information content (AvgIpc) is 3.14. The van der Waals surface area contributed by atoms with E-state index in [4.69, 9.17) is 0 Å². The van der Waals surface area contributed by atoms with Gasteiger partial charge in [0.25, 0.3) is 5.91 Å². The number of carbonyl (C=O) groups excluding carboxylic acids is 2. The van der Waals surface area contributed by atoms with Crippen LogP contribution in [0.3, 0.4) is 0 Å². The Kier molecular flexibility index (Phi) is 5.24. The molecule has 0 atom stereocenters. The second-order valence-electron chi connectivity index (χ2n) is 6.30. The largest absolute Gasteiger partial charge is 0.356 e. The molecule has 0 unspecified atom stereocenters. The molecule has 1 fully saturated rings. The molecule has 2 aromatic rings. The van der Waals surface area contributed by atoms with Crippen molar-refractivity contribution in [2.45, 2.75) is 31.1 Å². The molecule has 7 nitrogen and oxygen atoms in total. The van der Waals surface area contributed by atoms with E-state index in [1.807, 2.05) is 0 Å². The molecule has 0 aliphatic carbocycles. The zero-order valence-electron chi connectivity index (χ0n) is 14.5. The summed E-state index contributed by atoms with van der Waals surface area (Å²) in [6.45, 7) is 2.46. The molecule has 1 amide bonds. The number of nitrogens with one attached hydrogen (secondary N) is 2. The number of aromatic amines is 1. The standard InChI is InChI=1S/C18H21N3O4S/c1-13(22)14-6-5-7-15(10-14)20-18(23)17-11-16(12-19-17)26(24,25)21-8-3-2-4-9-21/h5-7,10-12,19H,2-4,8-9H2,1H3,(H,20,23). The highest BCUT2D eigenvalue weighted by Crippen LogP contribution is 2.21. The Labute approximate surface area is 152 Å². The lowest BCUT2D eigenvalue weighted by atomic mass is 10.1. The fourth-order valence-electron chi connectivity index (χ4n) is 2.92. The van der Waals surface area contributed by atoms with Gasteiger partial charge < -0.3 is 10.3 Å². The summed E-state index contributed by atoms with van der Waals surface area (Å²) in [5.41, 5.74) is 1.11. The number of carbonyl (C=O) groups is 2. The van der Waals surface area contributed by atoms with Crippen LogP contribution in [0.5, 0.6) is 0 Å². The second-order valence-corrected chi connectivity index (χ2v) is 8.24. The molecule has 0 spiro atoms. The van der Waals surface area contributed by atoms with Gasteiger partial charge >= 0.3 is 0 Å². The van der Waals surface area contributed by atoms with Crippen molar-refractivity contribution in [2.24, 2.45) is 0 Å². The summed E-state index contributed by atoms with van der Waals surface area (Å²) in [6.07, 6.45) is 4.07. The van der Waals surface area contributed by atoms with E-state index in [1.54, 1.807) is 24.3 Å². The number of anilines is 1. The second kappa shape index (κ2) is 7.43. The fourth-order valence-corrected chi connectivity index (χ4v) is 4.43. The van der Waals surface area contributed by atoms with Gasteiger partial charge in [-0.15, -0.1) is 0 Å². The topological polar surface area (TPSA) is 99.3 Å². The van der Waals surface area contributed by atoms with Crippen molar-refractivity contribution in [1.29, 1.82) is 0 Å². The summed E-state index contributed by atoms with van der Waals surface area (Å²) in [5.74, 6) is -0.568. The van der Waals surface area contributed by atoms with E-state index < -0.39 is 15.9 Å². The lowest BCUT2D eigenvalue weighted by Crippen LogP contribution is -2.35. The van der Waals surface area contributed by atoms with Gasteiger partial charge in [-0.25, -0.2) is 8.42 Å². The van der Waals surface area contributed by atoms with E-state index in [0.717, 1.165) is 19.3 Å². The number of amides is 1. The Balaban J connectivity index is 1.76. The smallest absolute Gasteiger partial charge is 0.272 e. The molecule has 0 bridgehead atoms. The third-order valence-electron chi connectivity index (χ3n) is 4.38. The molecule has 1 aliphatic heterocycles. The first-order valence-electron chi connectivity index (χ1n) is 8.49. The van der Waals surface area contributed by atoms with Gasteiger partial charge in [-0.3, -0.25) is 9.59 Å². The minimum Gasteiger partial charge on any atom is -0.356 e. The summed E-state index contributed by atoms with van der Waals surface area (Å²) in [6, 6.07) is 7.92. The van der Waals surface area contributed by atoms with Gasteiger partial charge in [0.15, 0.2) is 5.78 Å². The first-order valence-corrected chi connectivity index (χ1v) is 9.93. The number of aromatic nitrogens is 1. The number of benzene rings is 1. The lowest BCUT2D eigenvalue weighted by molar-refractivity contribution is 0.100. The van der Waals surface area contributed by atoms with Crippen LogP contribution in [0.15, 0.2) is 41.4 Å². The number of hydrogen-bond donors (Lipinski definition) is 2. The Morgan fingerprint density at radius 1 is 1.12 bits per heavy atom. The molecular weight excluding hydrogens is 354 g/mol. The lowest BCUT2D eigenvalue weighted by Gasteiger charge is -2.25. The van der Waals surface area contributed by atoms with E-state index in [2.05, 4.69) is 10.3 Å². The normalized spacial score (nSPS) is 15.6. The SMILES string of the molecule is CC(=O)c1cccc(NC(=O)c2cc(S(=O)(=O)N3CCCCC3)c[nH]2)c1. The highest BCUT2D eigenvalue weighted by Gasteiger charge is 2.27. The van der Waals surface area contributed by atoms with Crippen molar-refractivity contribution in [3.8, 4) is 0 Å². The molecule has 138 valence electrons. The van der Waals surface area contributed by atoms with Crippen LogP contribution < -0.4 is 5.32 Å². The number of sulfonamides is 1. The predicted octanol–water partition coefficient (Wildman–Crippen LogP) is 2.64. The van der Waals surface area contributed by atoms with E-state index in [-0.39, 0.29) is 16.4 Å². The van der Waals surface area contributed by atoms with Crippen LogP contribution in [0.1, 0.15) is 47.0 Å². The fraction of sp³-hybridized carbons (Fsp3) is 0.333. The van der Waals surface area contributed by atoms with E-state index in [9.17, 15) is 18.0 Å². The third-order valence-corrected chi connectivity index (χ3v) is 6.26. The first-order chi connectivity index (χ1) is 12.4. The molecule has 2 heterocycles. The van der Waals surface area contributed by atoms with Crippen LogP contribution in [0.4, 0.5) is 5.69 Å². The maximum Gasteiger partial charge on any atom is 0.272 e.